The van der Waals surface area contributed by atoms with Crippen LogP contribution in [-0.4, -0.2) is 5.11 Å². The predicted octanol–water partition coefficient (Wildman–Crippen LogP) is 2.42. The Balaban J connectivity index is 2.16. The maximum Gasteiger partial charge on any atom is 0.132 e. The summed E-state index contributed by atoms with van der Waals surface area (Å²) in [5.74, 6) is 0. The Labute approximate surface area is 91.5 Å². The molecule has 3 rings (SSSR count). The highest BCUT2D eigenvalue weighted by atomic mass is 79.9. The Bertz CT molecular complexity index is 387. The fourth-order valence-corrected chi connectivity index (χ4v) is 2.90. The van der Waals surface area contributed by atoms with Gasteiger partial charge in [0.2, 0.25) is 0 Å². The summed E-state index contributed by atoms with van der Waals surface area (Å²) in [6.07, 6.45) is 3.07. The molecule has 0 amide bonds. The van der Waals surface area contributed by atoms with Crippen molar-refractivity contribution < 1.29 is 5.11 Å². The van der Waals surface area contributed by atoms with Crippen molar-refractivity contribution in [2.24, 2.45) is 0 Å². The SMILES string of the molecule is OC1NC2(CCC2)c2cc(Br)ccc21. The molecule has 1 atom stereocenters. The van der Waals surface area contributed by atoms with E-state index in [2.05, 4.69) is 27.3 Å². The van der Waals surface area contributed by atoms with E-state index in [1.165, 1.54) is 12.0 Å². The van der Waals surface area contributed by atoms with Crippen LogP contribution in [0.1, 0.15) is 36.6 Å². The lowest BCUT2D eigenvalue weighted by Crippen LogP contribution is -2.44. The summed E-state index contributed by atoms with van der Waals surface area (Å²) < 4.78 is 1.10. The third-order valence-corrected chi connectivity index (χ3v) is 3.94. The van der Waals surface area contributed by atoms with Crippen LogP contribution in [0.25, 0.3) is 0 Å². The first-order valence-electron chi connectivity index (χ1n) is 4.97. The van der Waals surface area contributed by atoms with Crippen molar-refractivity contribution in [1.29, 1.82) is 0 Å². The molecular formula is C11H12BrNO. The Morgan fingerprint density at radius 3 is 2.86 bits per heavy atom. The zero-order valence-electron chi connectivity index (χ0n) is 7.76. The lowest BCUT2D eigenvalue weighted by Gasteiger charge is -2.39. The van der Waals surface area contributed by atoms with Crippen LogP contribution >= 0.6 is 15.9 Å². The predicted molar refractivity (Wildman–Crippen MR) is 57.8 cm³/mol. The number of halogens is 1. The summed E-state index contributed by atoms with van der Waals surface area (Å²) in [5, 5.41) is 13.1. The molecule has 0 saturated heterocycles. The summed E-state index contributed by atoms with van der Waals surface area (Å²) in [7, 11) is 0. The van der Waals surface area contributed by atoms with E-state index in [1.54, 1.807) is 0 Å². The maximum atomic E-state index is 9.85. The highest BCUT2D eigenvalue weighted by molar-refractivity contribution is 9.10. The Kier molecular flexibility index (Phi) is 1.79. The molecule has 2 aliphatic rings. The van der Waals surface area contributed by atoms with Crippen LogP contribution in [-0.2, 0) is 5.54 Å². The molecule has 2 N–H and O–H groups in total. The van der Waals surface area contributed by atoms with Crippen LogP contribution < -0.4 is 5.32 Å². The van der Waals surface area contributed by atoms with Gasteiger partial charge in [0.25, 0.3) is 0 Å². The van der Waals surface area contributed by atoms with Gasteiger partial charge in [-0.15, -0.1) is 0 Å². The molecule has 1 aromatic rings. The van der Waals surface area contributed by atoms with Crippen molar-refractivity contribution in [3.63, 3.8) is 0 Å². The van der Waals surface area contributed by atoms with Crippen LogP contribution in [0.2, 0.25) is 0 Å². The smallest absolute Gasteiger partial charge is 0.132 e. The number of benzene rings is 1. The van der Waals surface area contributed by atoms with Crippen molar-refractivity contribution in [2.45, 2.75) is 31.0 Å². The normalized spacial score (nSPS) is 27.4. The number of aliphatic hydroxyl groups is 1. The van der Waals surface area contributed by atoms with Crippen LogP contribution in [0.3, 0.4) is 0 Å². The topological polar surface area (TPSA) is 32.3 Å². The summed E-state index contributed by atoms with van der Waals surface area (Å²) in [6, 6.07) is 6.13. The van der Waals surface area contributed by atoms with Gasteiger partial charge < -0.3 is 5.11 Å². The maximum absolute atomic E-state index is 9.85. The number of rotatable bonds is 0. The second kappa shape index (κ2) is 2.81. The van der Waals surface area contributed by atoms with Gasteiger partial charge in [0, 0.05) is 15.6 Å². The molecule has 14 heavy (non-hydrogen) atoms. The molecule has 1 spiro atoms. The lowest BCUT2D eigenvalue weighted by molar-refractivity contribution is 0.0795. The van der Waals surface area contributed by atoms with Gasteiger partial charge in [0.05, 0.1) is 0 Å². The minimum atomic E-state index is -0.474. The number of fused-ring (bicyclic) bond motifs is 2. The number of aliphatic hydroxyl groups excluding tert-OH is 1. The Hall–Kier alpha value is -0.380. The molecule has 2 nitrogen and oxygen atoms in total. The molecule has 1 unspecified atom stereocenters. The van der Waals surface area contributed by atoms with Gasteiger partial charge in [-0.05, 0) is 37.0 Å². The van der Waals surface area contributed by atoms with E-state index in [0.29, 0.717) is 0 Å². The zero-order valence-corrected chi connectivity index (χ0v) is 9.34. The number of nitrogens with one attached hydrogen (secondary N) is 1. The van der Waals surface area contributed by atoms with Crippen molar-refractivity contribution in [3.8, 4) is 0 Å². The zero-order chi connectivity index (χ0) is 9.76. The molecule has 1 fully saturated rings. The molecular weight excluding hydrogens is 242 g/mol. The third kappa shape index (κ3) is 1.03. The van der Waals surface area contributed by atoms with Crippen LogP contribution in [0.4, 0.5) is 0 Å². The molecule has 1 aliphatic carbocycles. The molecule has 1 saturated carbocycles. The molecule has 74 valence electrons. The quantitative estimate of drug-likeness (QED) is 0.745. The summed E-state index contributed by atoms with van der Waals surface area (Å²) in [4.78, 5) is 0. The van der Waals surface area contributed by atoms with Gasteiger partial charge in [0.1, 0.15) is 6.23 Å². The lowest BCUT2D eigenvalue weighted by atomic mass is 9.73. The Morgan fingerprint density at radius 1 is 1.43 bits per heavy atom. The van der Waals surface area contributed by atoms with E-state index in [1.807, 2.05) is 12.1 Å². The highest BCUT2D eigenvalue weighted by Crippen LogP contribution is 2.49. The number of hydrogen-bond donors (Lipinski definition) is 2. The molecule has 0 bridgehead atoms. The van der Waals surface area contributed by atoms with E-state index in [4.69, 9.17) is 0 Å². The molecule has 3 heteroatoms. The van der Waals surface area contributed by atoms with Crippen LogP contribution in [0.15, 0.2) is 22.7 Å². The minimum Gasteiger partial charge on any atom is -0.374 e. The number of hydrogen-bond acceptors (Lipinski definition) is 2. The monoisotopic (exact) mass is 253 g/mol. The molecule has 1 heterocycles. The highest BCUT2D eigenvalue weighted by Gasteiger charge is 2.46. The van der Waals surface area contributed by atoms with Gasteiger partial charge in [-0.3, -0.25) is 5.32 Å². The average Bonchev–Trinajstić information content (AvgIpc) is 2.38. The van der Waals surface area contributed by atoms with E-state index in [0.717, 1.165) is 22.9 Å². The van der Waals surface area contributed by atoms with E-state index in [9.17, 15) is 5.11 Å². The van der Waals surface area contributed by atoms with Crippen molar-refractivity contribution in [3.05, 3.63) is 33.8 Å². The molecule has 1 aromatic carbocycles. The van der Waals surface area contributed by atoms with Gasteiger partial charge in [-0.2, -0.15) is 0 Å². The second-order valence-corrected chi connectivity index (χ2v) is 5.13. The molecule has 0 aromatic heterocycles. The van der Waals surface area contributed by atoms with E-state index >= 15 is 0 Å². The minimum absolute atomic E-state index is 0.0819. The standard InChI is InChI=1S/C11H12BrNO/c12-7-2-3-8-9(6-7)11(4-1-5-11)13-10(8)14/h2-3,6,10,13-14H,1,4-5H2. The Morgan fingerprint density at radius 2 is 2.21 bits per heavy atom. The molecule has 0 radical (unpaired) electrons. The summed E-state index contributed by atoms with van der Waals surface area (Å²) in [6.45, 7) is 0. The van der Waals surface area contributed by atoms with Crippen LogP contribution in [0.5, 0.6) is 0 Å². The van der Waals surface area contributed by atoms with Gasteiger partial charge in [-0.1, -0.05) is 22.0 Å². The van der Waals surface area contributed by atoms with Crippen LogP contribution in [0, 0.1) is 0 Å². The van der Waals surface area contributed by atoms with Crippen molar-refractivity contribution in [2.75, 3.05) is 0 Å². The van der Waals surface area contributed by atoms with Crippen molar-refractivity contribution in [1.82, 2.24) is 5.32 Å². The second-order valence-electron chi connectivity index (χ2n) is 4.21. The largest absolute Gasteiger partial charge is 0.374 e. The first-order valence-corrected chi connectivity index (χ1v) is 5.76. The summed E-state index contributed by atoms with van der Waals surface area (Å²) >= 11 is 3.48. The van der Waals surface area contributed by atoms with Gasteiger partial charge in [-0.25, -0.2) is 0 Å². The summed E-state index contributed by atoms with van der Waals surface area (Å²) in [5.41, 5.74) is 2.41. The fourth-order valence-electron chi connectivity index (χ4n) is 2.54. The fraction of sp³-hybridized carbons (Fsp3) is 0.455. The first kappa shape index (κ1) is 8.89. The van der Waals surface area contributed by atoms with Gasteiger partial charge >= 0.3 is 0 Å². The third-order valence-electron chi connectivity index (χ3n) is 3.45. The first-order chi connectivity index (χ1) is 6.71. The van der Waals surface area contributed by atoms with Gasteiger partial charge in [0.15, 0.2) is 0 Å². The average molecular weight is 254 g/mol. The van der Waals surface area contributed by atoms with E-state index < -0.39 is 6.23 Å². The van der Waals surface area contributed by atoms with Crippen molar-refractivity contribution >= 4 is 15.9 Å². The van der Waals surface area contributed by atoms with E-state index in [-0.39, 0.29) is 5.54 Å². The molecule has 1 aliphatic heterocycles.